The van der Waals surface area contributed by atoms with Crippen LogP contribution in [0.5, 0.6) is 0 Å². The van der Waals surface area contributed by atoms with Crippen molar-refractivity contribution in [3.05, 3.63) is 218 Å². The molecule has 0 aliphatic heterocycles. The van der Waals surface area contributed by atoms with Crippen LogP contribution in [0.3, 0.4) is 0 Å². The van der Waals surface area contributed by atoms with Crippen molar-refractivity contribution in [3.8, 4) is 29.1 Å². The van der Waals surface area contributed by atoms with Gasteiger partial charge in [-0.1, -0.05) is 188 Å². The Kier molecular flexibility index (Phi) is 8.14. The molecule has 0 saturated heterocycles. The van der Waals surface area contributed by atoms with Gasteiger partial charge in [-0.15, -0.1) is 0 Å². The first kappa shape index (κ1) is 34.4. The lowest BCUT2D eigenvalue weighted by Gasteiger charge is -2.34. The van der Waals surface area contributed by atoms with Gasteiger partial charge in [-0.05, 0) is 45.0 Å². The largest absolute Gasteiger partial charge is 0.292 e. The standard InChI is InChI=1S/C53H35N5Si/c54-36-46-52(57-47-30-16-13-27-42(47)43-28-14-17-31-48(43)57)55-51(37-19-5-1-6-20-37)56-53(46)58-49-32-18-15-29-44(49)45-35-41(33-34-50(45)58)59(38-21-7-2-8-22-38,39-23-9-3-10-24-39)40-25-11-4-12-26-40/h1-35H. The van der Waals surface area contributed by atoms with E-state index < -0.39 is 8.07 Å². The molecular formula is C53H35N5Si. The molecule has 0 amide bonds. The molecule has 0 saturated carbocycles. The van der Waals surface area contributed by atoms with Crippen LogP contribution in [0.25, 0.3) is 66.6 Å². The maximum atomic E-state index is 11.3. The summed E-state index contributed by atoms with van der Waals surface area (Å²) in [6.45, 7) is 0. The van der Waals surface area contributed by atoms with Crippen LogP contribution in [0.2, 0.25) is 0 Å². The van der Waals surface area contributed by atoms with Crippen molar-refractivity contribution in [3.63, 3.8) is 0 Å². The first-order valence-electron chi connectivity index (χ1n) is 19.8. The van der Waals surface area contributed by atoms with Gasteiger partial charge in [0, 0.05) is 27.1 Å². The summed E-state index contributed by atoms with van der Waals surface area (Å²) in [5, 5.41) is 20.9. The molecule has 3 heterocycles. The molecule has 59 heavy (non-hydrogen) atoms. The monoisotopic (exact) mass is 769 g/mol. The topological polar surface area (TPSA) is 59.4 Å². The Morgan fingerprint density at radius 1 is 0.373 bits per heavy atom. The fraction of sp³-hybridized carbons (Fsp3) is 0. The molecule has 0 unspecified atom stereocenters. The van der Waals surface area contributed by atoms with E-state index in [1.165, 1.54) is 20.7 Å². The summed E-state index contributed by atoms with van der Waals surface area (Å²) in [5.41, 5.74) is 5.15. The fourth-order valence-electron chi connectivity index (χ4n) is 9.23. The van der Waals surface area contributed by atoms with Crippen LogP contribution in [-0.2, 0) is 0 Å². The Bertz CT molecular complexity index is 3240. The highest BCUT2D eigenvalue weighted by Gasteiger charge is 2.41. The molecule has 11 aromatic rings. The van der Waals surface area contributed by atoms with Gasteiger partial charge in [-0.2, -0.15) is 5.26 Å². The SMILES string of the molecule is N#Cc1c(-n2c3ccccc3c3ccccc32)nc(-c2ccccc2)nc1-n1c2ccccc2c2cc([Si](c3ccccc3)(c3ccccc3)c3ccccc3)ccc21. The van der Waals surface area contributed by atoms with Crippen LogP contribution in [0.15, 0.2) is 212 Å². The molecule has 276 valence electrons. The number of nitriles is 1. The maximum Gasteiger partial charge on any atom is 0.179 e. The second-order valence-electron chi connectivity index (χ2n) is 14.8. The van der Waals surface area contributed by atoms with E-state index >= 15 is 0 Å². The third-order valence-electron chi connectivity index (χ3n) is 11.7. The molecule has 11 rings (SSSR count). The van der Waals surface area contributed by atoms with Gasteiger partial charge in [0.1, 0.15) is 11.6 Å². The average Bonchev–Trinajstić information content (AvgIpc) is 3.83. The van der Waals surface area contributed by atoms with E-state index in [1.54, 1.807) is 0 Å². The minimum Gasteiger partial charge on any atom is -0.292 e. The highest BCUT2D eigenvalue weighted by atomic mass is 28.3. The first-order chi connectivity index (χ1) is 29.3. The Labute approximate surface area is 342 Å². The number of para-hydroxylation sites is 3. The van der Waals surface area contributed by atoms with Crippen molar-refractivity contribution in [2.75, 3.05) is 0 Å². The van der Waals surface area contributed by atoms with Gasteiger partial charge in [-0.25, -0.2) is 9.97 Å². The number of hydrogen-bond acceptors (Lipinski definition) is 3. The summed E-state index contributed by atoms with van der Waals surface area (Å²) >= 11 is 0. The van der Waals surface area contributed by atoms with Gasteiger partial charge in [0.05, 0.1) is 22.1 Å². The van der Waals surface area contributed by atoms with Gasteiger partial charge < -0.3 is 0 Å². The zero-order chi connectivity index (χ0) is 39.3. The summed E-state index contributed by atoms with van der Waals surface area (Å²) in [5.74, 6) is 1.62. The highest BCUT2D eigenvalue weighted by molar-refractivity contribution is 7.20. The van der Waals surface area contributed by atoms with Crippen LogP contribution in [-0.4, -0.2) is 27.2 Å². The summed E-state index contributed by atoms with van der Waals surface area (Å²) in [6.07, 6.45) is 0. The van der Waals surface area contributed by atoms with Gasteiger partial charge in [-0.3, -0.25) is 9.13 Å². The minimum atomic E-state index is -2.83. The molecule has 0 spiro atoms. The van der Waals surface area contributed by atoms with Crippen LogP contribution >= 0.6 is 0 Å². The Balaban J connectivity index is 1.25. The molecule has 0 N–H and O–H groups in total. The first-order valence-corrected chi connectivity index (χ1v) is 21.8. The van der Waals surface area contributed by atoms with E-state index in [0.717, 1.165) is 49.2 Å². The summed E-state index contributed by atoms with van der Waals surface area (Å²) in [6, 6.07) is 77.8. The molecule has 3 aromatic heterocycles. The van der Waals surface area contributed by atoms with Crippen LogP contribution in [0, 0.1) is 11.3 Å². The smallest absolute Gasteiger partial charge is 0.179 e. The van der Waals surface area contributed by atoms with Crippen LogP contribution in [0.1, 0.15) is 5.56 Å². The number of benzene rings is 8. The second-order valence-corrected chi connectivity index (χ2v) is 18.7. The Morgan fingerprint density at radius 3 is 1.19 bits per heavy atom. The van der Waals surface area contributed by atoms with Crippen LogP contribution in [0.4, 0.5) is 0 Å². The van der Waals surface area contributed by atoms with Gasteiger partial charge in [0.25, 0.3) is 0 Å². The average molecular weight is 770 g/mol. The molecule has 0 aliphatic carbocycles. The lowest BCUT2D eigenvalue weighted by Crippen LogP contribution is -2.74. The Hall–Kier alpha value is -7.85. The van der Waals surface area contributed by atoms with E-state index in [-0.39, 0.29) is 0 Å². The molecule has 0 radical (unpaired) electrons. The molecule has 6 heteroatoms. The zero-order valence-electron chi connectivity index (χ0n) is 31.9. The molecule has 0 atom stereocenters. The van der Waals surface area contributed by atoms with E-state index in [1.807, 2.05) is 42.5 Å². The lowest BCUT2D eigenvalue weighted by atomic mass is 10.1. The second kappa shape index (κ2) is 14.0. The number of hydrogen-bond donors (Lipinski definition) is 0. The van der Waals surface area contributed by atoms with Gasteiger partial charge >= 0.3 is 0 Å². The van der Waals surface area contributed by atoms with E-state index in [4.69, 9.17) is 9.97 Å². The zero-order valence-corrected chi connectivity index (χ0v) is 32.9. The number of rotatable bonds is 7. The normalized spacial score (nSPS) is 11.7. The predicted octanol–water partition coefficient (Wildman–Crippen LogP) is 9.59. The van der Waals surface area contributed by atoms with E-state index in [9.17, 15) is 5.26 Å². The molecule has 0 aliphatic rings. The molecule has 0 fully saturated rings. The van der Waals surface area contributed by atoms with E-state index in [2.05, 4.69) is 185 Å². The Morgan fingerprint density at radius 2 is 0.746 bits per heavy atom. The number of aromatic nitrogens is 4. The van der Waals surface area contributed by atoms with Crippen molar-refractivity contribution in [2.45, 2.75) is 0 Å². The fourth-order valence-corrected chi connectivity index (χ4v) is 14.0. The van der Waals surface area contributed by atoms with Gasteiger partial charge in [0.15, 0.2) is 25.5 Å². The number of nitrogens with zero attached hydrogens (tertiary/aromatic N) is 5. The number of fused-ring (bicyclic) bond motifs is 6. The van der Waals surface area contributed by atoms with Crippen molar-refractivity contribution >= 4 is 72.4 Å². The molecule has 8 aromatic carbocycles. The quantitative estimate of drug-likeness (QED) is 0.120. The van der Waals surface area contributed by atoms with Crippen LogP contribution < -0.4 is 20.7 Å². The third kappa shape index (κ3) is 5.30. The van der Waals surface area contributed by atoms with Crippen molar-refractivity contribution in [1.82, 2.24) is 19.1 Å². The van der Waals surface area contributed by atoms with Crippen molar-refractivity contribution < 1.29 is 0 Å². The summed E-state index contributed by atoms with van der Waals surface area (Å²) < 4.78 is 4.31. The van der Waals surface area contributed by atoms with Gasteiger partial charge in [0.2, 0.25) is 0 Å². The molecular weight excluding hydrogens is 735 g/mol. The predicted molar refractivity (Wildman–Crippen MR) is 244 cm³/mol. The summed E-state index contributed by atoms with van der Waals surface area (Å²) in [4.78, 5) is 10.6. The maximum absolute atomic E-state index is 11.3. The molecule has 5 nitrogen and oxygen atoms in total. The summed E-state index contributed by atoms with van der Waals surface area (Å²) in [7, 11) is -2.83. The highest BCUT2D eigenvalue weighted by Crippen LogP contribution is 2.37. The lowest BCUT2D eigenvalue weighted by molar-refractivity contribution is 0.981. The van der Waals surface area contributed by atoms with E-state index in [0.29, 0.717) is 23.0 Å². The third-order valence-corrected chi connectivity index (χ3v) is 16.5. The van der Waals surface area contributed by atoms with Crippen molar-refractivity contribution in [2.24, 2.45) is 0 Å². The van der Waals surface area contributed by atoms with Crippen molar-refractivity contribution in [1.29, 1.82) is 5.26 Å². The molecule has 0 bridgehead atoms. The minimum absolute atomic E-state index is 0.393.